The Kier molecular flexibility index (Phi) is 2.19. The lowest BCUT2D eigenvalue weighted by atomic mass is 10.2. The van der Waals surface area contributed by atoms with Crippen molar-refractivity contribution in [1.29, 1.82) is 0 Å². The number of benzene rings is 1. The number of phenolic OH excluding ortho intramolecular Hbond substituents is 2. The lowest BCUT2D eigenvalue weighted by Crippen LogP contribution is -1.80. The number of rotatable bonds is 1. The first kappa shape index (κ1) is 10.6. The molecular formula is C13H11N3O2. The summed E-state index contributed by atoms with van der Waals surface area (Å²) in [5.41, 5.74) is 3.14. The van der Waals surface area contributed by atoms with E-state index in [1.54, 1.807) is 6.20 Å². The molecule has 2 aromatic heterocycles. The van der Waals surface area contributed by atoms with Gasteiger partial charge >= 0.3 is 0 Å². The van der Waals surface area contributed by atoms with E-state index >= 15 is 0 Å². The van der Waals surface area contributed by atoms with Crippen LogP contribution < -0.4 is 0 Å². The smallest absolute Gasteiger partial charge is 0.178 e. The van der Waals surface area contributed by atoms with Crippen LogP contribution in [0.3, 0.4) is 0 Å². The van der Waals surface area contributed by atoms with E-state index < -0.39 is 0 Å². The SMILES string of the molecule is Cc1ccnc2nc(-c3cc(O)cc(O)c3)[nH]c12. The number of hydrogen-bond acceptors (Lipinski definition) is 4. The van der Waals surface area contributed by atoms with E-state index in [0.29, 0.717) is 17.0 Å². The summed E-state index contributed by atoms with van der Waals surface area (Å²) in [6.45, 7) is 1.96. The molecule has 0 aliphatic heterocycles. The maximum atomic E-state index is 9.47. The van der Waals surface area contributed by atoms with Crippen molar-refractivity contribution in [3.8, 4) is 22.9 Å². The van der Waals surface area contributed by atoms with Crippen LogP contribution in [0, 0.1) is 6.92 Å². The zero-order valence-corrected chi connectivity index (χ0v) is 9.68. The van der Waals surface area contributed by atoms with Crippen molar-refractivity contribution in [2.45, 2.75) is 6.92 Å². The second-order valence-electron chi connectivity index (χ2n) is 4.15. The summed E-state index contributed by atoms with van der Waals surface area (Å²) in [4.78, 5) is 11.6. The standard InChI is InChI=1S/C13H11N3O2/c1-7-2-3-14-13-11(7)15-12(16-13)8-4-9(17)6-10(18)5-8/h2-6,17-18H,1H3,(H,14,15,16). The molecule has 3 N–H and O–H groups in total. The van der Waals surface area contributed by atoms with Crippen molar-refractivity contribution in [2.24, 2.45) is 0 Å². The van der Waals surface area contributed by atoms with Crippen LogP contribution in [0.15, 0.2) is 30.5 Å². The number of imidazole rings is 1. The number of nitrogens with zero attached hydrogens (tertiary/aromatic N) is 2. The van der Waals surface area contributed by atoms with Crippen LogP contribution in [0.25, 0.3) is 22.6 Å². The molecule has 0 aliphatic carbocycles. The molecule has 0 spiro atoms. The molecule has 0 fully saturated rings. The number of H-pyrrole nitrogens is 1. The predicted octanol–water partition coefficient (Wildman–Crippen LogP) is 2.34. The Hall–Kier alpha value is -2.56. The summed E-state index contributed by atoms with van der Waals surface area (Å²) in [6, 6.07) is 6.24. The molecule has 0 bridgehead atoms. The van der Waals surface area contributed by atoms with Crippen LogP contribution in [0.2, 0.25) is 0 Å². The molecular weight excluding hydrogens is 230 g/mol. The lowest BCUT2D eigenvalue weighted by Gasteiger charge is -1.99. The Morgan fingerprint density at radius 1 is 1.11 bits per heavy atom. The molecule has 0 saturated heterocycles. The molecule has 5 heteroatoms. The molecule has 0 saturated carbocycles. The summed E-state index contributed by atoms with van der Waals surface area (Å²) in [5.74, 6) is 0.559. The van der Waals surface area contributed by atoms with E-state index in [4.69, 9.17) is 0 Å². The predicted molar refractivity (Wildman–Crippen MR) is 67.4 cm³/mol. The Balaban J connectivity index is 2.22. The van der Waals surface area contributed by atoms with Gasteiger partial charge in [-0.05, 0) is 30.7 Å². The third-order valence-electron chi connectivity index (χ3n) is 2.78. The minimum absolute atomic E-state index is 0.00450. The molecule has 0 radical (unpaired) electrons. The third kappa shape index (κ3) is 1.66. The zero-order chi connectivity index (χ0) is 12.7. The van der Waals surface area contributed by atoms with Gasteiger partial charge in [0, 0.05) is 17.8 Å². The number of aromatic amines is 1. The van der Waals surface area contributed by atoms with E-state index in [-0.39, 0.29) is 11.5 Å². The molecule has 2 heterocycles. The van der Waals surface area contributed by atoms with Gasteiger partial charge in [-0.3, -0.25) is 0 Å². The summed E-state index contributed by atoms with van der Waals surface area (Å²) >= 11 is 0. The monoisotopic (exact) mass is 241 g/mol. The van der Waals surface area contributed by atoms with Crippen molar-refractivity contribution in [3.05, 3.63) is 36.0 Å². The Labute approximate surface area is 103 Å². The molecule has 5 nitrogen and oxygen atoms in total. The number of hydrogen-bond donors (Lipinski definition) is 3. The van der Waals surface area contributed by atoms with E-state index in [9.17, 15) is 10.2 Å². The second kappa shape index (κ2) is 3.73. The van der Waals surface area contributed by atoms with Gasteiger partial charge < -0.3 is 15.2 Å². The Bertz CT molecular complexity index is 714. The number of fused-ring (bicyclic) bond motifs is 1. The van der Waals surface area contributed by atoms with Gasteiger partial charge in [0.1, 0.15) is 17.3 Å². The Morgan fingerprint density at radius 2 is 1.83 bits per heavy atom. The van der Waals surface area contributed by atoms with E-state index in [1.807, 2.05) is 13.0 Å². The van der Waals surface area contributed by atoms with Crippen LogP contribution in [0.4, 0.5) is 0 Å². The van der Waals surface area contributed by atoms with Crippen molar-refractivity contribution >= 4 is 11.2 Å². The fourth-order valence-electron chi connectivity index (χ4n) is 1.90. The molecule has 90 valence electrons. The van der Waals surface area contributed by atoms with Gasteiger partial charge in [-0.25, -0.2) is 9.97 Å². The number of aryl methyl sites for hydroxylation is 1. The summed E-state index contributed by atoms with van der Waals surface area (Å²) in [6.07, 6.45) is 1.70. The van der Waals surface area contributed by atoms with Crippen molar-refractivity contribution in [2.75, 3.05) is 0 Å². The van der Waals surface area contributed by atoms with Crippen LogP contribution in [0.1, 0.15) is 5.56 Å². The molecule has 3 rings (SSSR count). The number of aromatic nitrogens is 3. The fraction of sp³-hybridized carbons (Fsp3) is 0.0769. The minimum atomic E-state index is -0.00450. The van der Waals surface area contributed by atoms with Crippen molar-refractivity contribution < 1.29 is 10.2 Å². The topological polar surface area (TPSA) is 82.0 Å². The maximum absolute atomic E-state index is 9.47. The highest BCUT2D eigenvalue weighted by atomic mass is 16.3. The molecule has 0 amide bonds. The molecule has 3 aromatic rings. The number of nitrogens with one attached hydrogen (secondary N) is 1. The van der Waals surface area contributed by atoms with Crippen LogP contribution in [-0.4, -0.2) is 25.2 Å². The average Bonchev–Trinajstić information content (AvgIpc) is 2.73. The highest BCUT2D eigenvalue weighted by molar-refractivity contribution is 5.79. The van der Waals surface area contributed by atoms with Gasteiger partial charge in [0.05, 0.1) is 5.52 Å². The van der Waals surface area contributed by atoms with E-state index in [0.717, 1.165) is 11.1 Å². The van der Waals surface area contributed by atoms with Crippen molar-refractivity contribution in [3.63, 3.8) is 0 Å². The van der Waals surface area contributed by atoms with Gasteiger partial charge in [0.15, 0.2) is 5.65 Å². The Morgan fingerprint density at radius 3 is 2.50 bits per heavy atom. The van der Waals surface area contributed by atoms with Gasteiger partial charge in [-0.1, -0.05) is 0 Å². The second-order valence-corrected chi connectivity index (χ2v) is 4.15. The number of aromatic hydroxyl groups is 2. The lowest BCUT2D eigenvalue weighted by molar-refractivity contribution is 0.451. The number of phenols is 2. The van der Waals surface area contributed by atoms with Crippen LogP contribution >= 0.6 is 0 Å². The first-order valence-corrected chi connectivity index (χ1v) is 5.48. The van der Waals surface area contributed by atoms with Gasteiger partial charge in [0.25, 0.3) is 0 Å². The van der Waals surface area contributed by atoms with E-state index in [1.165, 1.54) is 18.2 Å². The largest absolute Gasteiger partial charge is 0.508 e. The number of pyridine rings is 1. The normalized spacial score (nSPS) is 10.9. The maximum Gasteiger partial charge on any atom is 0.178 e. The van der Waals surface area contributed by atoms with Gasteiger partial charge in [-0.2, -0.15) is 0 Å². The van der Waals surface area contributed by atoms with Crippen molar-refractivity contribution in [1.82, 2.24) is 15.0 Å². The summed E-state index contributed by atoms with van der Waals surface area (Å²) in [7, 11) is 0. The molecule has 18 heavy (non-hydrogen) atoms. The third-order valence-corrected chi connectivity index (χ3v) is 2.78. The highest BCUT2D eigenvalue weighted by Crippen LogP contribution is 2.28. The highest BCUT2D eigenvalue weighted by Gasteiger charge is 2.09. The van der Waals surface area contributed by atoms with Crippen LogP contribution in [0.5, 0.6) is 11.5 Å². The summed E-state index contributed by atoms with van der Waals surface area (Å²) < 4.78 is 0. The first-order chi connectivity index (χ1) is 8.63. The minimum Gasteiger partial charge on any atom is -0.508 e. The fourth-order valence-corrected chi connectivity index (χ4v) is 1.90. The molecule has 0 atom stereocenters. The van der Waals surface area contributed by atoms with Crippen LogP contribution in [-0.2, 0) is 0 Å². The van der Waals surface area contributed by atoms with E-state index in [2.05, 4.69) is 15.0 Å². The molecule has 0 aliphatic rings. The molecule has 0 unspecified atom stereocenters. The summed E-state index contributed by atoms with van der Waals surface area (Å²) in [5, 5.41) is 18.9. The van der Waals surface area contributed by atoms with Gasteiger partial charge in [-0.15, -0.1) is 0 Å². The quantitative estimate of drug-likeness (QED) is 0.610. The first-order valence-electron chi connectivity index (χ1n) is 5.48. The average molecular weight is 241 g/mol. The van der Waals surface area contributed by atoms with Gasteiger partial charge in [0.2, 0.25) is 0 Å². The molecule has 1 aromatic carbocycles. The zero-order valence-electron chi connectivity index (χ0n) is 9.68.